The number of rotatable bonds is 4. The van der Waals surface area contributed by atoms with E-state index in [-0.39, 0.29) is 0 Å². The van der Waals surface area contributed by atoms with E-state index < -0.39 is 11.9 Å². The van der Waals surface area contributed by atoms with Crippen molar-refractivity contribution in [3.8, 4) is 0 Å². The average Bonchev–Trinajstić information content (AvgIpc) is 2.53. The number of aliphatic imine (C=N–C) groups is 1. The third kappa shape index (κ3) is 6.09. The summed E-state index contributed by atoms with van der Waals surface area (Å²) in [5.41, 5.74) is 1.09. The molecule has 0 radical (unpaired) electrons. The predicted molar refractivity (Wildman–Crippen MR) is 97.4 cm³/mol. The molecule has 0 fully saturated rings. The highest BCUT2D eigenvalue weighted by Crippen LogP contribution is 2.33. The number of thioether (sulfide) groups is 1. The van der Waals surface area contributed by atoms with Crippen LogP contribution in [0.4, 0.5) is 18.9 Å². The first-order valence-corrected chi connectivity index (χ1v) is 8.77. The molecule has 25 heavy (non-hydrogen) atoms. The number of alkyl halides is 3. The molecule has 3 nitrogen and oxygen atoms in total. The van der Waals surface area contributed by atoms with Crippen LogP contribution in [0.15, 0.2) is 46.4 Å². The summed E-state index contributed by atoms with van der Waals surface area (Å²) in [5.74, 6) is -0.413. The van der Waals surface area contributed by atoms with Gasteiger partial charge in [0.1, 0.15) is 11.0 Å². The molecular formula is C16H14Cl2F3N3S. The maximum atomic E-state index is 12.4. The number of hydrogen-bond acceptors (Lipinski definition) is 3. The van der Waals surface area contributed by atoms with E-state index in [2.05, 4.69) is 9.98 Å². The molecule has 2 rings (SSSR count). The lowest BCUT2D eigenvalue weighted by Crippen LogP contribution is -2.23. The standard InChI is InChI=1S/C16H14Cl2F3N3S/c1-24(2)15(10-3-6-14(18)22-8-10)23-13-7-11(4-5-12(13)17)25-9-16(19,20)21/h3-8H,9H2,1-2H3. The van der Waals surface area contributed by atoms with Gasteiger partial charge < -0.3 is 4.90 Å². The third-order valence-electron chi connectivity index (χ3n) is 2.96. The third-order valence-corrected chi connectivity index (χ3v) is 4.56. The Kier molecular flexibility index (Phi) is 6.59. The van der Waals surface area contributed by atoms with Gasteiger partial charge in [0.2, 0.25) is 0 Å². The van der Waals surface area contributed by atoms with Crippen LogP contribution in [0, 0.1) is 0 Å². The summed E-state index contributed by atoms with van der Waals surface area (Å²) < 4.78 is 37.2. The lowest BCUT2D eigenvalue weighted by Gasteiger charge is -2.16. The van der Waals surface area contributed by atoms with Crippen LogP contribution in [0.1, 0.15) is 5.56 Å². The van der Waals surface area contributed by atoms with Crippen molar-refractivity contribution in [2.45, 2.75) is 11.1 Å². The van der Waals surface area contributed by atoms with E-state index in [0.717, 1.165) is 0 Å². The van der Waals surface area contributed by atoms with Crippen molar-refractivity contribution in [3.63, 3.8) is 0 Å². The Morgan fingerprint density at radius 2 is 1.92 bits per heavy atom. The van der Waals surface area contributed by atoms with Crippen molar-refractivity contribution in [2.75, 3.05) is 19.8 Å². The van der Waals surface area contributed by atoms with E-state index in [1.165, 1.54) is 18.2 Å². The molecule has 0 bridgehead atoms. The zero-order valence-electron chi connectivity index (χ0n) is 13.3. The van der Waals surface area contributed by atoms with Gasteiger partial charge >= 0.3 is 6.18 Å². The number of benzene rings is 1. The minimum atomic E-state index is -4.24. The van der Waals surface area contributed by atoms with Gasteiger partial charge in [0, 0.05) is 30.8 Å². The van der Waals surface area contributed by atoms with Crippen molar-refractivity contribution in [2.24, 2.45) is 4.99 Å². The van der Waals surface area contributed by atoms with Gasteiger partial charge in [-0.25, -0.2) is 9.98 Å². The van der Waals surface area contributed by atoms with Crippen LogP contribution in [0.25, 0.3) is 0 Å². The molecule has 0 amide bonds. The Bertz CT molecular complexity index is 762. The first-order valence-electron chi connectivity index (χ1n) is 7.03. The highest BCUT2D eigenvalue weighted by Gasteiger charge is 2.27. The number of nitrogens with zero attached hydrogens (tertiary/aromatic N) is 3. The largest absolute Gasteiger partial charge is 0.398 e. The number of halogens is 5. The van der Waals surface area contributed by atoms with Gasteiger partial charge in [0.15, 0.2) is 0 Å². The van der Waals surface area contributed by atoms with Crippen LogP contribution in [0.5, 0.6) is 0 Å². The average molecular weight is 408 g/mol. The van der Waals surface area contributed by atoms with Crippen molar-refractivity contribution in [3.05, 3.63) is 52.3 Å². The van der Waals surface area contributed by atoms with E-state index in [0.29, 0.717) is 43.9 Å². The fourth-order valence-corrected chi connectivity index (χ4v) is 2.84. The van der Waals surface area contributed by atoms with Gasteiger partial charge in [-0.3, -0.25) is 0 Å². The summed E-state index contributed by atoms with van der Waals surface area (Å²) in [4.78, 5) is 10.7. The highest BCUT2D eigenvalue weighted by molar-refractivity contribution is 7.99. The van der Waals surface area contributed by atoms with Gasteiger partial charge in [0.05, 0.1) is 16.5 Å². The predicted octanol–water partition coefficient (Wildman–Crippen LogP) is 5.68. The number of hydrogen-bond donors (Lipinski definition) is 0. The lowest BCUT2D eigenvalue weighted by molar-refractivity contribution is -0.105. The first-order chi connectivity index (χ1) is 11.7. The Morgan fingerprint density at radius 1 is 1.20 bits per heavy atom. The molecule has 0 aliphatic carbocycles. The van der Waals surface area contributed by atoms with Gasteiger partial charge in [-0.1, -0.05) is 23.2 Å². The van der Waals surface area contributed by atoms with Gasteiger partial charge in [-0.15, -0.1) is 11.8 Å². The van der Waals surface area contributed by atoms with Gasteiger partial charge in [-0.2, -0.15) is 13.2 Å². The van der Waals surface area contributed by atoms with E-state index >= 15 is 0 Å². The van der Waals surface area contributed by atoms with Crippen LogP contribution in [0.2, 0.25) is 10.2 Å². The molecule has 0 unspecified atom stereocenters. The Hall–Kier alpha value is -1.44. The van der Waals surface area contributed by atoms with E-state index in [4.69, 9.17) is 23.2 Å². The number of amidine groups is 1. The zero-order chi connectivity index (χ0) is 18.6. The molecule has 0 N–H and O–H groups in total. The summed E-state index contributed by atoms with van der Waals surface area (Å²) in [6, 6.07) is 7.99. The quantitative estimate of drug-likeness (QED) is 0.282. The zero-order valence-corrected chi connectivity index (χ0v) is 15.6. The van der Waals surface area contributed by atoms with Crippen LogP contribution in [-0.2, 0) is 0 Å². The Morgan fingerprint density at radius 3 is 2.48 bits per heavy atom. The molecule has 9 heteroatoms. The highest BCUT2D eigenvalue weighted by atomic mass is 35.5. The SMILES string of the molecule is CN(C)C(=Nc1cc(SCC(F)(F)F)ccc1Cl)c1ccc(Cl)nc1. The summed E-state index contributed by atoms with van der Waals surface area (Å²) in [6.07, 6.45) is -2.67. The van der Waals surface area contributed by atoms with E-state index in [1.807, 2.05) is 0 Å². The van der Waals surface area contributed by atoms with Crippen molar-refractivity contribution < 1.29 is 13.2 Å². The Balaban J connectivity index is 2.36. The molecule has 0 saturated heterocycles. The monoisotopic (exact) mass is 407 g/mol. The molecule has 1 aromatic heterocycles. The molecule has 0 aliphatic rings. The van der Waals surface area contributed by atoms with Gasteiger partial charge in [0.25, 0.3) is 0 Å². The molecule has 134 valence electrons. The fourth-order valence-electron chi connectivity index (χ4n) is 1.88. The summed E-state index contributed by atoms with van der Waals surface area (Å²) in [5, 5.41) is 0.697. The molecule has 0 atom stereocenters. The van der Waals surface area contributed by atoms with Crippen LogP contribution in [0.3, 0.4) is 0 Å². The molecule has 2 aromatic rings. The summed E-state index contributed by atoms with van der Waals surface area (Å²) in [6.45, 7) is 0. The topological polar surface area (TPSA) is 28.5 Å². The number of aromatic nitrogens is 1. The first kappa shape index (κ1) is 19.9. The maximum Gasteiger partial charge on any atom is 0.398 e. The van der Waals surface area contributed by atoms with Crippen LogP contribution in [-0.4, -0.2) is 41.7 Å². The van der Waals surface area contributed by atoms with Crippen molar-refractivity contribution >= 4 is 46.5 Å². The smallest absolute Gasteiger partial charge is 0.362 e. The van der Waals surface area contributed by atoms with Gasteiger partial charge in [-0.05, 0) is 30.3 Å². The lowest BCUT2D eigenvalue weighted by atomic mass is 10.2. The van der Waals surface area contributed by atoms with Crippen LogP contribution >= 0.6 is 35.0 Å². The second-order valence-electron chi connectivity index (χ2n) is 5.22. The van der Waals surface area contributed by atoms with E-state index in [9.17, 15) is 13.2 Å². The van der Waals surface area contributed by atoms with E-state index in [1.54, 1.807) is 37.3 Å². The molecule has 1 aromatic carbocycles. The van der Waals surface area contributed by atoms with Crippen molar-refractivity contribution in [1.29, 1.82) is 0 Å². The molecule has 0 aliphatic heterocycles. The molecule has 0 saturated carbocycles. The molecule has 0 spiro atoms. The summed E-state index contributed by atoms with van der Waals surface area (Å²) >= 11 is 12.6. The fraction of sp³-hybridized carbons (Fsp3) is 0.250. The van der Waals surface area contributed by atoms with Crippen molar-refractivity contribution in [1.82, 2.24) is 9.88 Å². The molecular weight excluding hydrogens is 394 g/mol. The second-order valence-corrected chi connectivity index (χ2v) is 7.06. The minimum Gasteiger partial charge on any atom is -0.362 e. The Labute approximate surface area is 157 Å². The number of pyridine rings is 1. The second kappa shape index (κ2) is 8.29. The van der Waals surface area contributed by atoms with Crippen LogP contribution < -0.4 is 0 Å². The minimum absolute atomic E-state index is 0.345. The maximum absolute atomic E-state index is 12.4. The molecule has 1 heterocycles. The normalized spacial score (nSPS) is 12.4. The summed E-state index contributed by atoms with van der Waals surface area (Å²) in [7, 11) is 3.59.